The summed E-state index contributed by atoms with van der Waals surface area (Å²) in [4.78, 5) is 7.11. The Bertz CT molecular complexity index is 409. The number of piperidine rings is 1. The van der Waals surface area contributed by atoms with Crippen LogP contribution >= 0.6 is 0 Å². The van der Waals surface area contributed by atoms with Crippen molar-refractivity contribution in [1.82, 2.24) is 4.98 Å². The van der Waals surface area contributed by atoms with E-state index in [0.717, 1.165) is 31.0 Å². The van der Waals surface area contributed by atoms with Crippen LogP contribution in [0.3, 0.4) is 0 Å². The highest BCUT2D eigenvalue weighted by Crippen LogP contribution is 2.38. The molecule has 2 unspecified atom stereocenters. The van der Waals surface area contributed by atoms with Crippen molar-refractivity contribution < 1.29 is 5.11 Å². The number of nitrogens with one attached hydrogen (secondary N) is 1. The van der Waals surface area contributed by atoms with E-state index in [2.05, 4.69) is 34.3 Å². The number of anilines is 2. The molecule has 0 amide bonds. The minimum Gasteiger partial charge on any atom is -0.393 e. The van der Waals surface area contributed by atoms with Gasteiger partial charge in [0.15, 0.2) is 0 Å². The van der Waals surface area contributed by atoms with Crippen molar-refractivity contribution in [3.05, 3.63) is 18.2 Å². The molecule has 3 heterocycles. The van der Waals surface area contributed by atoms with Gasteiger partial charge in [-0.1, -0.05) is 6.07 Å². The van der Waals surface area contributed by atoms with Crippen LogP contribution in [0.5, 0.6) is 0 Å². The Balaban J connectivity index is 1.84. The summed E-state index contributed by atoms with van der Waals surface area (Å²) in [6.07, 6.45) is 4.05. The number of nitrogens with zero attached hydrogens (tertiary/aromatic N) is 2. The summed E-state index contributed by atoms with van der Waals surface area (Å²) in [5, 5.41) is 13.1. The van der Waals surface area contributed by atoms with E-state index in [4.69, 9.17) is 0 Å². The molecule has 0 radical (unpaired) electrons. The van der Waals surface area contributed by atoms with E-state index in [0.29, 0.717) is 12.1 Å². The molecule has 18 heavy (non-hydrogen) atoms. The average molecular weight is 247 g/mol. The standard InChI is InChI=1S/C14H21N3O/c1-2-15-13-4-3-5-14(16-13)17-10-6-7-11(17)9-12(18)8-10/h3-5,10-12,18H,2,6-9H2,1H3,(H,15,16). The van der Waals surface area contributed by atoms with Crippen molar-refractivity contribution in [3.8, 4) is 0 Å². The number of pyridine rings is 1. The molecule has 4 heteroatoms. The monoisotopic (exact) mass is 247 g/mol. The Morgan fingerprint density at radius 2 is 2.06 bits per heavy atom. The van der Waals surface area contributed by atoms with Crippen LogP contribution in [0.1, 0.15) is 32.6 Å². The molecule has 0 aliphatic carbocycles. The Kier molecular flexibility index (Phi) is 3.12. The van der Waals surface area contributed by atoms with Crippen molar-refractivity contribution in [3.63, 3.8) is 0 Å². The van der Waals surface area contributed by atoms with Crippen LogP contribution in [-0.4, -0.2) is 34.8 Å². The van der Waals surface area contributed by atoms with E-state index < -0.39 is 0 Å². The molecule has 98 valence electrons. The highest BCUT2D eigenvalue weighted by Gasteiger charge is 2.40. The van der Waals surface area contributed by atoms with Gasteiger partial charge in [-0.3, -0.25) is 0 Å². The molecular weight excluding hydrogens is 226 g/mol. The maximum Gasteiger partial charge on any atom is 0.131 e. The predicted molar refractivity (Wildman–Crippen MR) is 72.9 cm³/mol. The van der Waals surface area contributed by atoms with E-state index in [1.165, 1.54) is 12.8 Å². The lowest BCUT2D eigenvalue weighted by Gasteiger charge is -2.38. The smallest absolute Gasteiger partial charge is 0.131 e. The van der Waals surface area contributed by atoms with Crippen molar-refractivity contribution in [2.24, 2.45) is 0 Å². The van der Waals surface area contributed by atoms with E-state index in [9.17, 15) is 5.11 Å². The number of aliphatic hydroxyl groups is 1. The van der Waals surface area contributed by atoms with E-state index in [-0.39, 0.29) is 6.10 Å². The first-order valence-electron chi connectivity index (χ1n) is 6.95. The molecule has 1 aromatic heterocycles. The molecule has 2 fully saturated rings. The molecule has 2 N–H and O–H groups in total. The summed E-state index contributed by atoms with van der Waals surface area (Å²) >= 11 is 0. The summed E-state index contributed by atoms with van der Waals surface area (Å²) < 4.78 is 0. The molecule has 2 bridgehead atoms. The first-order valence-corrected chi connectivity index (χ1v) is 6.95. The van der Waals surface area contributed by atoms with Gasteiger partial charge in [-0.2, -0.15) is 0 Å². The number of aromatic nitrogens is 1. The maximum atomic E-state index is 9.83. The molecule has 2 aliphatic rings. The van der Waals surface area contributed by atoms with E-state index in [1.807, 2.05) is 6.07 Å². The molecule has 0 aromatic carbocycles. The van der Waals surface area contributed by atoms with E-state index >= 15 is 0 Å². The number of hydrogen-bond donors (Lipinski definition) is 2. The Morgan fingerprint density at radius 3 is 2.72 bits per heavy atom. The molecule has 3 rings (SSSR count). The lowest BCUT2D eigenvalue weighted by Crippen LogP contribution is -2.45. The minimum absolute atomic E-state index is 0.115. The van der Waals surface area contributed by atoms with Gasteiger partial charge in [0.2, 0.25) is 0 Å². The van der Waals surface area contributed by atoms with Crippen LogP contribution in [0, 0.1) is 0 Å². The van der Waals surface area contributed by atoms with Gasteiger partial charge < -0.3 is 15.3 Å². The topological polar surface area (TPSA) is 48.4 Å². The van der Waals surface area contributed by atoms with Crippen molar-refractivity contribution in [1.29, 1.82) is 0 Å². The fourth-order valence-corrected chi connectivity index (χ4v) is 3.37. The van der Waals surface area contributed by atoms with Crippen LogP contribution < -0.4 is 10.2 Å². The zero-order valence-electron chi connectivity index (χ0n) is 10.8. The molecule has 2 saturated heterocycles. The third kappa shape index (κ3) is 2.05. The highest BCUT2D eigenvalue weighted by atomic mass is 16.3. The third-order valence-electron chi connectivity index (χ3n) is 4.07. The van der Waals surface area contributed by atoms with Crippen LogP contribution in [-0.2, 0) is 0 Å². The molecule has 0 saturated carbocycles. The maximum absolute atomic E-state index is 9.83. The van der Waals surface area contributed by atoms with Gasteiger partial charge in [0.05, 0.1) is 6.10 Å². The second-order valence-corrected chi connectivity index (χ2v) is 5.33. The fraction of sp³-hybridized carbons (Fsp3) is 0.643. The van der Waals surface area contributed by atoms with Crippen LogP contribution in [0.15, 0.2) is 18.2 Å². The van der Waals surface area contributed by atoms with Gasteiger partial charge in [-0.25, -0.2) is 4.98 Å². The average Bonchev–Trinajstić information content (AvgIpc) is 2.63. The van der Waals surface area contributed by atoms with Gasteiger partial charge in [-0.15, -0.1) is 0 Å². The minimum atomic E-state index is -0.115. The number of aliphatic hydroxyl groups excluding tert-OH is 1. The highest BCUT2D eigenvalue weighted by molar-refractivity contribution is 5.50. The Morgan fingerprint density at radius 1 is 1.33 bits per heavy atom. The van der Waals surface area contributed by atoms with Gasteiger partial charge >= 0.3 is 0 Å². The van der Waals surface area contributed by atoms with Crippen LogP contribution in [0.25, 0.3) is 0 Å². The SMILES string of the molecule is CCNc1cccc(N2C3CCC2CC(O)C3)n1. The number of fused-ring (bicyclic) bond motifs is 2. The first-order chi connectivity index (χ1) is 8.78. The molecule has 2 atom stereocenters. The summed E-state index contributed by atoms with van der Waals surface area (Å²) in [7, 11) is 0. The summed E-state index contributed by atoms with van der Waals surface area (Å²) in [5.74, 6) is 2.01. The van der Waals surface area contributed by atoms with Gasteiger partial charge in [0.25, 0.3) is 0 Å². The molecule has 4 nitrogen and oxygen atoms in total. The molecule has 0 spiro atoms. The predicted octanol–water partition coefficient (Wildman–Crippen LogP) is 2.01. The van der Waals surface area contributed by atoms with Crippen molar-refractivity contribution >= 4 is 11.6 Å². The summed E-state index contributed by atoms with van der Waals surface area (Å²) in [6.45, 7) is 2.97. The lowest BCUT2D eigenvalue weighted by molar-refractivity contribution is 0.126. The van der Waals surface area contributed by atoms with Crippen molar-refractivity contribution in [2.45, 2.75) is 50.8 Å². The summed E-state index contributed by atoms with van der Waals surface area (Å²) in [6, 6.07) is 7.11. The molecule has 2 aliphatic heterocycles. The third-order valence-corrected chi connectivity index (χ3v) is 4.07. The van der Waals surface area contributed by atoms with Crippen LogP contribution in [0.4, 0.5) is 11.6 Å². The number of rotatable bonds is 3. The normalized spacial score (nSPS) is 30.6. The lowest BCUT2D eigenvalue weighted by atomic mass is 10.00. The van der Waals surface area contributed by atoms with Crippen LogP contribution in [0.2, 0.25) is 0 Å². The van der Waals surface area contributed by atoms with Gasteiger partial charge in [0.1, 0.15) is 11.6 Å². The zero-order chi connectivity index (χ0) is 12.5. The molecule has 1 aromatic rings. The fourth-order valence-electron chi connectivity index (χ4n) is 3.37. The second kappa shape index (κ2) is 4.76. The van der Waals surface area contributed by atoms with Crippen molar-refractivity contribution in [2.75, 3.05) is 16.8 Å². The Labute approximate surface area is 108 Å². The second-order valence-electron chi connectivity index (χ2n) is 5.33. The summed E-state index contributed by atoms with van der Waals surface area (Å²) in [5.41, 5.74) is 0. The quantitative estimate of drug-likeness (QED) is 0.858. The molecular formula is C14H21N3O. The largest absolute Gasteiger partial charge is 0.393 e. The zero-order valence-corrected chi connectivity index (χ0v) is 10.8. The van der Waals surface area contributed by atoms with Gasteiger partial charge in [0, 0.05) is 18.6 Å². The first kappa shape index (κ1) is 11.8. The Hall–Kier alpha value is -1.29. The van der Waals surface area contributed by atoms with Gasteiger partial charge in [-0.05, 0) is 44.7 Å². The van der Waals surface area contributed by atoms with E-state index in [1.54, 1.807) is 0 Å². The number of hydrogen-bond acceptors (Lipinski definition) is 4.